The van der Waals surface area contributed by atoms with Crippen molar-refractivity contribution in [3.8, 4) is 44.5 Å². The van der Waals surface area contributed by atoms with Crippen LogP contribution in [0.2, 0.25) is 0 Å². The Bertz CT molecular complexity index is 3410. The second-order valence-corrected chi connectivity index (χ2v) is 18.1. The van der Waals surface area contributed by atoms with Crippen molar-refractivity contribution in [3.05, 3.63) is 294 Å². The molecule has 0 aromatic heterocycles. The maximum absolute atomic E-state index is 4.01. The van der Waals surface area contributed by atoms with E-state index >= 15 is 0 Å². The predicted molar refractivity (Wildman–Crippen MR) is 279 cm³/mol. The van der Waals surface area contributed by atoms with Crippen LogP contribution < -0.4 is 20.9 Å². The van der Waals surface area contributed by atoms with Crippen molar-refractivity contribution in [3.63, 3.8) is 0 Å². The van der Waals surface area contributed by atoms with Gasteiger partial charge in [-0.15, -0.1) is 0 Å². The number of fused-ring (bicyclic) bond motifs is 9. The average Bonchev–Trinajstić information content (AvgIpc) is 3.71. The van der Waals surface area contributed by atoms with Crippen LogP contribution in [-0.4, -0.2) is 0 Å². The largest absolute Gasteiger partial charge is 0.310 e. The van der Waals surface area contributed by atoms with Gasteiger partial charge in [-0.25, -0.2) is 0 Å². The molecule has 1 aliphatic carbocycles. The average molecular weight is 873 g/mol. The first-order chi connectivity index (χ1) is 33.7. The highest BCUT2D eigenvalue weighted by atomic mass is 15.4. The van der Waals surface area contributed by atoms with Crippen LogP contribution in [-0.2, 0) is 5.41 Å². The summed E-state index contributed by atoms with van der Waals surface area (Å²) in [4.78, 5) is 2.45. The van der Waals surface area contributed by atoms with Crippen LogP contribution >= 0.6 is 0 Å². The number of nitrogens with zero attached hydrogens (tertiary/aromatic N) is 1. The van der Waals surface area contributed by atoms with Crippen LogP contribution in [0.4, 0.5) is 17.1 Å². The van der Waals surface area contributed by atoms with Crippen LogP contribution in [0.1, 0.15) is 57.4 Å². The van der Waals surface area contributed by atoms with Gasteiger partial charge in [-0.05, 0) is 114 Å². The Morgan fingerprint density at radius 3 is 1.43 bits per heavy atom. The molecule has 0 radical (unpaired) electrons. The van der Waals surface area contributed by atoms with Gasteiger partial charge >= 0.3 is 0 Å². The Balaban J connectivity index is 0.940. The summed E-state index contributed by atoms with van der Waals surface area (Å²) in [6, 6.07) is 93.3. The normalized spacial score (nSPS) is 17.5. The third-order valence-corrected chi connectivity index (χ3v) is 14.4. The summed E-state index contributed by atoms with van der Waals surface area (Å²) in [7, 11) is 0. The first kappa shape index (κ1) is 40.2. The molecule has 13 rings (SSSR count). The Kier molecular flexibility index (Phi) is 9.83. The molecule has 2 heterocycles. The van der Waals surface area contributed by atoms with E-state index in [-0.39, 0.29) is 18.5 Å². The van der Waals surface area contributed by atoms with Gasteiger partial charge in [0.05, 0.1) is 35.3 Å². The standard InChI is InChI=1S/C64H48N4/c1-4-20-43(21-5-1)44-36-38-46(39-37-44)62-65-61(45-22-6-2-7-23-45)66-63(67-62)54-30-13-12-28-51(54)50-27-11-10-26-49(50)47-40-41-53-52-29-14-15-31-55(52)64(58(53)42-47)56-32-16-18-34-59(56)68(48-24-8-3-9-25-48)60-35-19-17-33-57(60)64/h1-42,61-63,65-67H. The Morgan fingerprint density at radius 2 is 0.750 bits per heavy atom. The lowest BCUT2D eigenvalue weighted by molar-refractivity contribution is 0.203. The lowest BCUT2D eigenvalue weighted by atomic mass is 9.64. The van der Waals surface area contributed by atoms with E-state index in [1.54, 1.807) is 0 Å². The molecule has 68 heavy (non-hydrogen) atoms. The zero-order valence-electron chi connectivity index (χ0n) is 37.4. The SMILES string of the molecule is c1ccc(-c2ccc(C3NC(c4ccccc4)NC(c4ccccc4-c4ccccc4-c4ccc5c(c4)C4(c6ccccc6-5)c5ccccc5N(c5ccccc5)c5ccccc54)N3)cc2)cc1. The molecule has 4 nitrogen and oxygen atoms in total. The predicted octanol–water partition coefficient (Wildman–Crippen LogP) is 15.0. The first-order valence-corrected chi connectivity index (χ1v) is 23.7. The highest BCUT2D eigenvalue weighted by molar-refractivity contribution is 5.97. The van der Waals surface area contributed by atoms with E-state index in [0.29, 0.717) is 0 Å². The molecule has 1 spiro atoms. The molecule has 3 unspecified atom stereocenters. The summed E-state index contributed by atoms with van der Waals surface area (Å²) >= 11 is 0. The Labute approximate surface area is 398 Å². The van der Waals surface area contributed by atoms with E-state index in [1.807, 2.05) is 0 Å². The summed E-state index contributed by atoms with van der Waals surface area (Å²) in [5.74, 6) is 0. The first-order valence-electron chi connectivity index (χ1n) is 23.7. The van der Waals surface area contributed by atoms with Crippen molar-refractivity contribution in [1.29, 1.82) is 0 Å². The summed E-state index contributed by atoms with van der Waals surface area (Å²) in [6.45, 7) is 0. The van der Waals surface area contributed by atoms with E-state index in [1.165, 1.54) is 94.8 Å². The van der Waals surface area contributed by atoms with Crippen molar-refractivity contribution >= 4 is 17.1 Å². The van der Waals surface area contributed by atoms with Crippen LogP contribution in [0.15, 0.2) is 255 Å². The van der Waals surface area contributed by atoms with Crippen molar-refractivity contribution in [2.75, 3.05) is 4.90 Å². The van der Waals surface area contributed by atoms with Crippen LogP contribution in [0.25, 0.3) is 44.5 Å². The third kappa shape index (κ3) is 6.49. The zero-order valence-corrected chi connectivity index (χ0v) is 37.4. The lowest BCUT2D eigenvalue weighted by Crippen LogP contribution is -2.54. The van der Waals surface area contributed by atoms with Crippen LogP contribution in [0.3, 0.4) is 0 Å². The molecule has 1 saturated heterocycles. The van der Waals surface area contributed by atoms with Gasteiger partial charge in [0.2, 0.25) is 0 Å². The molecule has 3 N–H and O–H groups in total. The molecule has 3 aliphatic rings. The number of anilines is 3. The van der Waals surface area contributed by atoms with Gasteiger partial charge < -0.3 is 4.90 Å². The molecule has 10 aromatic carbocycles. The number of rotatable bonds is 7. The minimum Gasteiger partial charge on any atom is -0.310 e. The minimum absolute atomic E-state index is 0.0989. The molecule has 0 saturated carbocycles. The highest BCUT2D eigenvalue weighted by Crippen LogP contribution is 2.63. The summed E-state index contributed by atoms with van der Waals surface area (Å²) in [5.41, 5.74) is 21.5. The Hall–Kier alpha value is -8.12. The van der Waals surface area contributed by atoms with Gasteiger partial charge in [-0.3, -0.25) is 16.0 Å². The maximum Gasteiger partial charge on any atom is 0.0870 e. The second kappa shape index (κ2) is 16.6. The monoisotopic (exact) mass is 872 g/mol. The molecule has 1 fully saturated rings. The summed E-state index contributed by atoms with van der Waals surface area (Å²) < 4.78 is 0. The smallest absolute Gasteiger partial charge is 0.0870 e. The fourth-order valence-electron chi connectivity index (χ4n) is 11.4. The van der Waals surface area contributed by atoms with Crippen LogP contribution in [0.5, 0.6) is 0 Å². The van der Waals surface area contributed by atoms with E-state index < -0.39 is 5.41 Å². The van der Waals surface area contributed by atoms with Gasteiger partial charge in [0.1, 0.15) is 0 Å². The molecule has 10 aromatic rings. The van der Waals surface area contributed by atoms with E-state index in [0.717, 1.165) is 5.69 Å². The van der Waals surface area contributed by atoms with E-state index in [2.05, 4.69) is 276 Å². The second-order valence-electron chi connectivity index (χ2n) is 18.1. The molecule has 0 amide bonds. The van der Waals surface area contributed by atoms with Crippen molar-refractivity contribution in [2.45, 2.75) is 23.9 Å². The van der Waals surface area contributed by atoms with Gasteiger partial charge in [0, 0.05) is 5.69 Å². The number of hydrogen-bond acceptors (Lipinski definition) is 4. The topological polar surface area (TPSA) is 39.3 Å². The lowest BCUT2D eigenvalue weighted by Gasteiger charge is -2.45. The fraction of sp³-hybridized carbons (Fsp3) is 0.0625. The van der Waals surface area contributed by atoms with Gasteiger partial charge in [-0.2, -0.15) is 0 Å². The number of benzene rings is 10. The maximum atomic E-state index is 4.01. The molecule has 3 atom stereocenters. The van der Waals surface area contributed by atoms with Gasteiger partial charge in [0.25, 0.3) is 0 Å². The van der Waals surface area contributed by atoms with Crippen molar-refractivity contribution in [2.24, 2.45) is 0 Å². The number of nitrogens with one attached hydrogen (secondary N) is 3. The quantitative estimate of drug-likeness (QED) is 0.149. The minimum atomic E-state index is -0.545. The molecular formula is C64H48N4. The number of hydrogen-bond donors (Lipinski definition) is 3. The number of para-hydroxylation sites is 3. The van der Waals surface area contributed by atoms with Gasteiger partial charge in [0.15, 0.2) is 0 Å². The fourth-order valence-corrected chi connectivity index (χ4v) is 11.4. The Morgan fingerprint density at radius 1 is 0.294 bits per heavy atom. The third-order valence-electron chi connectivity index (χ3n) is 14.4. The van der Waals surface area contributed by atoms with Crippen molar-refractivity contribution in [1.82, 2.24) is 16.0 Å². The zero-order chi connectivity index (χ0) is 45.0. The summed E-state index contributed by atoms with van der Waals surface area (Å²) in [6.07, 6.45) is -0.392. The van der Waals surface area contributed by atoms with E-state index in [9.17, 15) is 0 Å². The molecule has 2 aliphatic heterocycles. The molecular weight excluding hydrogens is 825 g/mol. The highest BCUT2D eigenvalue weighted by Gasteiger charge is 2.51. The molecule has 324 valence electrons. The van der Waals surface area contributed by atoms with Crippen molar-refractivity contribution < 1.29 is 0 Å². The molecule has 0 bridgehead atoms. The summed E-state index contributed by atoms with van der Waals surface area (Å²) in [5, 5.41) is 11.9. The van der Waals surface area contributed by atoms with Crippen LogP contribution in [0, 0.1) is 0 Å². The molecule has 4 heteroatoms. The van der Waals surface area contributed by atoms with Gasteiger partial charge in [-0.1, -0.05) is 224 Å². The van der Waals surface area contributed by atoms with E-state index in [4.69, 9.17) is 0 Å².